The molecule has 13 heteroatoms. The van der Waals surface area contributed by atoms with Crippen molar-refractivity contribution in [2.75, 3.05) is 4.72 Å². The van der Waals surface area contributed by atoms with Gasteiger partial charge < -0.3 is 10.3 Å². The molecule has 10 nitrogen and oxygen atoms in total. The van der Waals surface area contributed by atoms with Gasteiger partial charge in [0.05, 0.1) is 0 Å². The number of primary amides is 1. The normalized spacial score (nSPS) is 11.4. The lowest BCUT2D eigenvalue weighted by Gasteiger charge is -2.17. The molecular weight excluding hydrogens is 478 g/mol. The third-order valence-corrected chi connectivity index (χ3v) is 7.84. The molecule has 0 aliphatic heterocycles. The summed E-state index contributed by atoms with van der Waals surface area (Å²) < 4.78 is 33.9. The molecule has 3 aromatic rings. The molecule has 0 aliphatic carbocycles. The Kier molecular flexibility index (Phi) is 6.33. The van der Waals surface area contributed by atoms with Crippen LogP contribution in [0.2, 0.25) is 5.02 Å². The third kappa shape index (κ3) is 3.97. The fraction of sp³-hybridized carbons (Fsp3) is 0.211. The van der Waals surface area contributed by atoms with Crippen LogP contribution in [-0.4, -0.2) is 25.4 Å². The number of hydrazine groups is 1. The number of benzene rings is 1. The summed E-state index contributed by atoms with van der Waals surface area (Å²) in [5.41, 5.74) is 10.6. The first-order valence-corrected chi connectivity index (χ1v) is 11.8. The average Bonchev–Trinajstić information content (AvgIpc) is 3.27. The van der Waals surface area contributed by atoms with Gasteiger partial charge in [0.2, 0.25) is 0 Å². The van der Waals surface area contributed by atoms with Crippen LogP contribution in [0.25, 0.3) is 11.1 Å². The van der Waals surface area contributed by atoms with Gasteiger partial charge in [-0.25, -0.2) is 19.0 Å². The van der Waals surface area contributed by atoms with Crippen molar-refractivity contribution in [3.05, 3.63) is 49.3 Å². The van der Waals surface area contributed by atoms with Gasteiger partial charge in [0.25, 0.3) is 27.7 Å². The predicted molar refractivity (Wildman–Crippen MR) is 121 cm³/mol. The monoisotopic (exact) mass is 497 g/mol. The molecule has 0 spiro atoms. The van der Waals surface area contributed by atoms with Gasteiger partial charge >= 0.3 is 0 Å². The highest BCUT2D eigenvalue weighted by Gasteiger charge is 2.32. The number of hydrogen-bond acceptors (Lipinski definition) is 8. The lowest BCUT2D eigenvalue weighted by Crippen LogP contribution is -2.31. The number of nitrogens with two attached hydrogens (primary N) is 2. The van der Waals surface area contributed by atoms with Gasteiger partial charge in [0.15, 0.2) is 0 Å². The summed E-state index contributed by atoms with van der Waals surface area (Å²) in [7, 11) is -4.40. The number of nitrogens with zero attached hydrogens (tertiary/aromatic N) is 1. The highest BCUT2D eigenvalue weighted by molar-refractivity contribution is 7.93. The zero-order chi connectivity index (χ0) is 24.0. The number of carbonyl (C=O) groups is 2. The minimum atomic E-state index is -4.40. The Hall–Kier alpha value is -2.93. The zero-order valence-electron chi connectivity index (χ0n) is 17.5. The van der Waals surface area contributed by atoms with Crippen LogP contribution < -0.4 is 21.7 Å². The number of sulfonamides is 1. The van der Waals surface area contributed by atoms with Gasteiger partial charge in [-0.3, -0.25) is 15.0 Å². The van der Waals surface area contributed by atoms with Crippen molar-refractivity contribution in [2.45, 2.75) is 32.6 Å². The molecule has 170 valence electrons. The number of nitrogens with one attached hydrogen (secondary N) is 2. The topological polar surface area (TPSA) is 170 Å². The van der Waals surface area contributed by atoms with Crippen molar-refractivity contribution in [1.82, 2.24) is 10.6 Å². The van der Waals surface area contributed by atoms with Crippen LogP contribution in [0.3, 0.4) is 0 Å². The van der Waals surface area contributed by atoms with Gasteiger partial charge in [-0.15, -0.1) is 11.3 Å². The summed E-state index contributed by atoms with van der Waals surface area (Å²) in [5, 5.41) is 5.10. The second kappa shape index (κ2) is 8.54. The first-order chi connectivity index (χ1) is 14.9. The van der Waals surface area contributed by atoms with Crippen molar-refractivity contribution in [2.24, 2.45) is 11.6 Å². The van der Waals surface area contributed by atoms with E-state index in [1.54, 1.807) is 26.8 Å². The predicted octanol–water partition coefficient (Wildman–Crippen LogP) is 2.79. The Labute approximate surface area is 192 Å². The number of hydrogen-bond donors (Lipinski definition) is 4. The quantitative estimate of drug-likeness (QED) is 0.230. The van der Waals surface area contributed by atoms with E-state index in [1.807, 2.05) is 0 Å². The Morgan fingerprint density at radius 2 is 1.84 bits per heavy atom. The van der Waals surface area contributed by atoms with E-state index in [0.29, 0.717) is 27.8 Å². The molecule has 2 aromatic heterocycles. The first-order valence-electron chi connectivity index (χ1n) is 9.08. The average molecular weight is 498 g/mol. The number of carbonyl (C=O) groups excluding carboxylic acids is 2. The van der Waals surface area contributed by atoms with Crippen LogP contribution in [-0.2, 0) is 10.0 Å². The van der Waals surface area contributed by atoms with E-state index in [9.17, 15) is 18.0 Å². The first kappa shape index (κ1) is 23.7. The number of anilines is 1. The van der Waals surface area contributed by atoms with Crippen LogP contribution in [0.15, 0.2) is 20.9 Å². The molecule has 32 heavy (non-hydrogen) atoms. The van der Waals surface area contributed by atoms with E-state index < -0.39 is 21.8 Å². The van der Waals surface area contributed by atoms with E-state index in [0.717, 1.165) is 11.3 Å². The highest BCUT2D eigenvalue weighted by atomic mass is 35.5. The maximum absolute atomic E-state index is 13.4. The lowest BCUT2D eigenvalue weighted by atomic mass is 9.90. The third-order valence-electron chi connectivity index (χ3n) is 4.86. The van der Waals surface area contributed by atoms with Gasteiger partial charge in [-0.1, -0.05) is 22.8 Å². The molecule has 2 amide bonds. The van der Waals surface area contributed by atoms with Crippen LogP contribution in [0.1, 0.15) is 42.4 Å². The molecule has 0 atom stereocenters. The molecule has 0 radical (unpaired) electrons. The molecule has 0 saturated heterocycles. The molecular formula is C19H20ClN5O5S2. The SMILES string of the molecule is Cc1cc(C)c(-c2csc(C(N)=O)c2S(=O)(=O)Nc2onc(C)c2Cl)c(C)c1C(=O)NN. The molecule has 0 unspecified atom stereocenters. The molecule has 2 heterocycles. The van der Waals surface area contributed by atoms with E-state index in [2.05, 4.69) is 15.3 Å². The summed E-state index contributed by atoms with van der Waals surface area (Å²) >= 11 is 6.92. The molecule has 0 saturated carbocycles. The lowest BCUT2D eigenvalue weighted by molar-refractivity contribution is 0.0951. The van der Waals surface area contributed by atoms with E-state index in [1.165, 1.54) is 12.3 Å². The second-order valence-electron chi connectivity index (χ2n) is 7.05. The smallest absolute Gasteiger partial charge is 0.266 e. The summed E-state index contributed by atoms with van der Waals surface area (Å²) in [5.74, 6) is 3.57. The Bertz CT molecular complexity index is 1360. The largest absolute Gasteiger partial charge is 0.365 e. The van der Waals surface area contributed by atoms with Crippen molar-refractivity contribution in [1.29, 1.82) is 0 Å². The van der Waals surface area contributed by atoms with Crippen LogP contribution in [0.5, 0.6) is 0 Å². The van der Waals surface area contributed by atoms with Gasteiger partial charge in [-0.2, -0.15) is 0 Å². The van der Waals surface area contributed by atoms with Crippen LogP contribution in [0.4, 0.5) is 5.88 Å². The molecule has 3 rings (SSSR count). The number of aryl methyl sites for hydroxylation is 3. The number of rotatable bonds is 6. The summed E-state index contributed by atoms with van der Waals surface area (Å²) in [4.78, 5) is 23.9. The Balaban J connectivity index is 2.31. The number of nitrogen functional groups attached to an aromatic ring is 1. The molecule has 0 fully saturated rings. The maximum atomic E-state index is 13.4. The van der Waals surface area contributed by atoms with E-state index in [-0.39, 0.29) is 31.9 Å². The summed E-state index contributed by atoms with van der Waals surface area (Å²) in [6.07, 6.45) is 0. The van der Waals surface area contributed by atoms with Crippen molar-refractivity contribution in [3.63, 3.8) is 0 Å². The number of amides is 2. The minimum absolute atomic E-state index is 0.0180. The molecule has 0 bridgehead atoms. The van der Waals surface area contributed by atoms with Crippen LogP contribution in [0, 0.1) is 27.7 Å². The Morgan fingerprint density at radius 1 is 1.19 bits per heavy atom. The summed E-state index contributed by atoms with van der Waals surface area (Å²) in [6.45, 7) is 6.71. The molecule has 0 aliphatic rings. The fourth-order valence-corrected chi connectivity index (χ4v) is 6.38. The molecule has 1 aromatic carbocycles. The van der Waals surface area contributed by atoms with E-state index >= 15 is 0 Å². The Morgan fingerprint density at radius 3 is 2.38 bits per heavy atom. The number of halogens is 1. The second-order valence-corrected chi connectivity index (χ2v) is 9.92. The summed E-state index contributed by atoms with van der Waals surface area (Å²) in [6, 6.07) is 1.73. The minimum Gasteiger partial charge on any atom is -0.365 e. The van der Waals surface area contributed by atoms with Gasteiger partial charge in [0, 0.05) is 16.5 Å². The van der Waals surface area contributed by atoms with Crippen molar-refractivity contribution < 1.29 is 22.5 Å². The van der Waals surface area contributed by atoms with Crippen molar-refractivity contribution >= 4 is 50.7 Å². The van der Waals surface area contributed by atoms with Gasteiger partial charge in [0.1, 0.15) is 20.5 Å². The maximum Gasteiger partial charge on any atom is 0.266 e. The molecule has 6 N–H and O–H groups in total. The van der Waals surface area contributed by atoms with Crippen LogP contribution >= 0.6 is 22.9 Å². The highest BCUT2D eigenvalue weighted by Crippen LogP contribution is 2.41. The van der Waals surface area contributed by atoms with Crippen molar-refractivity contribution in [3.8, 4) is 11.1 Å². The number of aromatic nitrogens is 1. The van der Waals surface area contributed by atoms with E-state index in [4.69, 9.17) is 27.7 Å². The van der Waals surface area contributed by atoms with Gasteiger partial charge in [-0.05, 0) is 49.9 Å². The zero-order valence-corrected chi connectivity index (χ0v) is 19.9. The standard InChI is InChI=1S/C19H20ClN5O5S2/c1-7-5-8(2)13(18(27)23-22)9(3)12(7)11-6-31-15(17(21)26)16(11)32(28,29)25-19-14(20)10(4)24-30-19/h5-6,25H,22H2,1-4H3,(H2,21,26)(H,23,27). The fourth-order valence-electron chi connectivity index (χ4n) is 3.57. The number of thiophene rings is 1.